The Hall–Kier alpha value is -0.610. The maximum Gasteiger partial charge on any atom is 0.306 e. The third-order valence-corrected chi connectivity index (χ3v) is 3.19. The first-order valence-electron chi connectivity index (χ1n) is 5.66. The van der Waals surface area contributed by atoms with E-state index in [0.29, 0.717) is 31.4 Å². The third kappa shape index (κ3) is 4.18. The summed E-state index contributed by atoms with van der Waals surface area (Å²) >= 11 is 0. The molecule has 0 radical (unpaired) electrons. The van der Waals surface area contributed by atoms with E-state index in [9.17, 15) is 4.79 Å². The van der Waals surface area contributed by atoms with Crippen molar-refractivity contribution in [3.63, 3.8) is 0 Å². The Morgan fingerprint density at radius 2 is 2.20 bits per heavy atom. The van der Waals surface area contributed by atoms with Crippen LogP contribution in [0.25, 0.3) is 0 Å². The van der Waals surface area contributed by atoms with Gasteiger partial charge in [0.05, 0.1) is 13.5 Å². The second kappa shape index (κ2) is 6.80. The van der Waals surface area contributed by atoms with Crippen LogP contribution in [0.3, 0.4) is 0 Å². The minimum Gasteiger partial charge on any atom is -0.469 e. The average Bonchev–Trinajstić information content (AvgIpc) is 2.71. The van der Waals surface area contributed by atoms with Gasteiger partial charge in [-0.05, 0) is 31.2 Å². The minimum absolute atomic E-state index is 0.173. The maximum absolute atomic E-state index is 10.8. The quantitative estimate of drug-likeness (QED) is 0.502. The largest absolute Gasteiger partial charge is 0.469 e. The van der Waals surface area contributed by atoms with Gasteiger partial charge < -0.3 is 15.2 Å². The van der Waals surface area contributed by atoms with Gasteiger partial charge in [0.25, 0.3) is 0 Å². The van der Waals surface area contributed by atoms with Crippen molar-refractivity contribution in [3.8, 4) is 0 Å². The lowest BCUT2D eigenvalue weighted by Crippen LogP contribution is -2.28. The van der Waals surface area contributed by atoms with Crippen molar-refractivity contribution in [2.45, 2.75) is 25.7 Å². The van der Waals surface area contributed by atoms with E-state index in [0.717, 1.165) is 13.0 Å². The van der Waals surface area contributed by atoms with Gasteiger partial charge >= 0.3 is 5.97 Å². The van der Waals surface area contributed by atoms with Crippen LogP contribution >= 0.6 is 0 Å². The summed E-state index contributed by atoms with van der Waals surface area (Å²) in [5.41, 5.74) is 0. The smallest absolute Gasteiger partial charge is 0.306 e. The van der Waals surface area contributed by atoms with Crippen molar-refractivity contribution >= 4 is 5.97 Å². The second-order valence-corrected chi connectivity index (χ2v) is 4.16. The van der Waals surface area contributed by atoms with E-state index in [1.54, 1.807) is 0 Å². The van der Waals surface area contributed by atoms with Gasteiger partial charge in [0.1, 0.15) is 0 Å². The van der Waals surface area contributed by atoms with Crippen molar-refractivity contribution < 1.29 is 14.6 Å². The van der Waals surface area contributed by atoms with Crippen LogP contribution in [0, 0.1) is 11.8 Å². The van der Waals surface area contributed by atoms with Crippen LogP contribution in [0.4, 0.5) is 0 Å². The number of ether oxygens (including phenoxy) is 1. The molecule has 0 aromatic rings. The van der Waals surface area contributed by atoms with Crippen LogP contribution in [-0.2, 0) is 9.53 Å². The lowest BCUT2D eigenvalue weighted by molar-refractivity contribution is -0.140. The molecule has 15 heavy (non-hydrogen) atoms. The first-order valence-corrected chi connectivity index (χ1v) is 5.66. The van der Waals surface area contributed by atoms with Crippen molar-refractivity contribution in [2.75, 3.05) is 26.8 Å². The van der Waals surface area contributed by atoms with Gasteiger partial charge in [-0.2, -0.15) is 0 Å². The summed E-state index contributed by atoms with van der Waals surface area (Å²) in [6.07, 6.45) is 3.97. The zero-order chi connectivity index (χ0) is 11.1. The van der Waals surface area contributed by atoms with Gasteiger partial charge in [0.2, 0.25) is 0 Å². The summed E-state index contributed by atoms with van der Waals surface area (Å²) in [5, 5.41) is 12.4. The van der Waals surface area contributed by atoms with Crippen LogP contribution in [-0.4, -0.2) is 37.9 Å². The summed E-state index contributed by atoms with van der Waals surface area (Å²) in [6.45, 7) is 1.87. The molecule has 88 valence electrons. The SMILES string of the molecule is COC(=O)CCNCC1CCCC1CO. The molecule has 1 aliphatic rings. The number of nitrogens with one attached hydrogen (secondary N) is 1. The summed E-state index contributed by atoms with van der Waals surface area (Å²) < 4.78 is 4.55. The fraction of sp³-hybridized carbons (Fsp3) is 0.909. The average molecular weight is 215 g/mol. The molecule has 4 nitrogen and oxygen atoms in total. The van der Waals surface area contributed by atoms with E-state index in [4.69, 9.17) is 5.11 Å². The number of esters is 1. The molecule has 1 rings (SSSR count). The Morgan fingerprint density at radius 3 is 2.87 bits per heavy atom. The van der Waals surface area contributed by atoms with E-state index in [-0.39, 0.29) is 5.97 Å². The van der Waals surface area contributed by atoms with Crippen LogP contribution < -0.4 is 5.32 Å². The first kappa shape index (κ1) is 12.5. The normalized spacial score (nSPS) is 25.5. The highest BCUT2D eigenvalue weighted by atomic mass is 16.5. The molecule has 4 heteroatoms. The Bertz CT molecular complexity index is 196. The zero-order valence-electron chi connectivity index (χ0n) is 9.37. The summed E-state index contributed by atoms with van der Waals surface area (Å²) in [4.78, 5) is 10.8. The monoisotopic (exact) mass is 215 g/mol. The van der Waals surface area contributed by atoms with E-state index < -0.39 is 0 Å². The molecule has 0 saturated heterocycles. The first-order chi connectivity index (χ1) is 7.27. The van der Waals surface area contributed by atoms with Gasteiger partial charge in [-0.15, -0.1) is 0 Å². The van der Waals surface area contributed by atoms with Gasteiger partial charge in [-0.3, -0.25) is 4.79 Å². The number of carbonyl (C=O) groups excluding carboxylic acids is 1. The van der Waals surface area contributed by atoms with Crippen LogP contribution in [0.5, 0.6) is 0 Å². The molecule has 2 atom stereocenters. The number of aliphatic hydroxyl groups excluding tert-OH is 1. The highest BCUT2D eigenvalue weighted by Crippen LogP contribution is 2.30. The summed E-state index contributed by atoms with van der Waals surface area (Å²) in [5.74, 6) is 0.857. The Morgan fingerprint density at radius 1 is 1.47 bits per heavy atom. The molecule has 2 N–H and O–H groups in total. The molecular formula is C11H21NO3. The summed E-state index contributed by atoms with van der Waals surface area (Å²) in [7, 11) is 1.40. The zero-order valence-corrected chi connectivity index (χ0v) is 9.37. The molecule has 0 aromatic carbocycles. The predicted molar refractivity (Wildman–Crippen MR) is 57.4 cm³/mol. The highest BCUT2D eigenvalue weighted by molar-refractivity contribution is 5.69. The lowest BCUT2D eigenvalue weighted by atomic mass is 9.97. The number of rotatable bonds is 6. The molecule has 0 amide bonds. The number of carbonyl (C=O) groups is 1. The molecule has 1 aliphatic carbocycles. The van der Waals surface area contributed by atoms with Crippen LogP contribution in [0.2, 0.25) is 0 Å². The fourth-order valence-corrected chi connectivity index (χ4v) is 2.20. The lowest BCUT2D eigenvalue weighted by Gasteiger charge is -2.17. The van der Waals surface area contributed by atoms with Gasteiger partial charge in [0, 0.05) is 13.2 Å². The van der Waals surface area contributed by atoms with E-state index in [1.165, 1.54) is 20.0 Å². The minimum atomic E-state index is -0.173. The molecule has 0 heterocycles. The second-order valence-electron chi connectivity index (χ2n) is 4.16. The van der Waals surface area contributed by atoms with Crippen LogP contribution in [0.15, 0.2) is 0 Å². The number of hydrogen-bond donors (Lipinski definition) is 2. The highest BCUT2D eigenvalue weighted by Gasteiger charge is 2.25. The molecule has 1 fully saturated rings. The molecule has 1 saturated carbocycles. The van der Waals surface area contributed by atoms with E-state index in [1.807, 2.05) is 0 Å². The molecule has 2 unspecified atom stereocenters. The Kier molecular flexibility index (Phi) is 5.65. The molecule has 0 spiro atoms. The van der Waals surface area contributed by atoms with Gasteiger partial charge in [0.15, 0.2) is 0 Å². The van der Waals surface area contributed by atoms with E-state index in [2.05, 4.69) is 10.1 Å². The summed E-state index contributed by atoms with van der Waals surface area (Å²) in [6, 6.07) is 0. The number of aliphatic hydroxyl groups is 1. The maximum atomic E-state index is 10.8. The van der Waals surface area contributed by atoms with Gasteiger partial charge in [-0.25, -0.2) is 0 Å². The molecule has 0 aromatic heterocycles. The topological polar surface area (TPSA) is 58.6 Å². The Balaban J connectivity index is 2.06. The number of hydrogen-bond acceptors (Lipinski definition) is 4. The standard InChI is InChI=1S/C11H21NO3/c1-15-11(14)5-6-12-7-9-3-2-4-10(9)8-13/h9-10,12-13H,2-8H2,1H3. The van der Waals surface area contributed by atoms with Crippen LogP contribution in [0.1, 0.15) is 25.7 Å². The third-order valence-electron chi connectivity index (χ3n) is 3.19. The number of methoxy groups -OCH3 is 1. The van der Waals surface area contributed by atoms with E-state index >= 15 is 0 Å². The Labute approximate surface area is 91.0 Å². The molecular weight excluding hydrogens is 194 g/mol. The van der Waals surface area contributed by atoms with Crippen molar-refractivity contribution in [1.82, 2.24) is 5.32 Å². The van der Waals surface area contributed by atoms with Crippen molar-refractivity contribution in [1.29, 1.82) is 0 Å². The fourth-order valence-electron chi connectivity index (χ4n) is 2.20. The van der Waals surface area contributed by atoms with Crippen molar-refractivity contribution in [3.05, 3.63) is 0 Å². The molecule has 0 bridgehead atoms. The predicted octanol–water partition coefficient (Wildman–Crippen LogP) is 0.548. The van der Waals surface area contributed by atoms with Crippen molar-refractivity contribution in [2.24, 2.45) is 11.8 Å². The van der Waals surface area contributed by atoms with Gasteiger partial charge in [-0.1, -0.05) is 6.42 Å². The molecule has 0 aliphatic heterocycles.